The van der Waals surface area contributed by atoms with Gasteiger partial charge in [-0.1, -0.05) is 19.1 Å². The van der Waals surface area contributed by atoms with Crippen LogP contribution in [0.2, 0.25) is 0 Å². The molecule has 1 aliphatic heterocycles. The molecule has 0 bridgehead atoms. The smallest absolute Gasteiger partial charge is 0.193 e. The van der Waals surface area contributed by atoms with Gasteiger partial charge in [0.25, 0.3) is 0 Å². The first-order valence-corrected chi connectivity index (χ1v) is 10.9. The summed E-state index contributed by atoms with van der Waals surface area (Å²) in [6.07, 6.45) is 1.15. The molecular weight excluding hydrogens is 501 g/mol. The van der Waals surface area contributed by atoms with Crippen LogP contribution in [0.25, 0.3) is 0 Å². The molecular formula is C21H36IN3O3S. The van der Waals surface area contributed by atoms with Crippen molar-refractivity contribution < 1.29 is 14.2 Å². The quantitative estimate of drug-likeness (QED) is 0.153. The zero-order valence-electron chi connectivity index (χ0n) is 18.1. The monoisotopic (exact) mass is 537 g/mol. The number of methoxy groups -OCH3 is 2. The summed E-state index contributed by atoms with van der Waals surface area (Å²) in [6.45, 7) is 7.31. The van der Waals surface area contributed by atoms with Crippen LogP contribution in [0, 0.1) is 11.8 Å². The number of likely N-dealkylation sites (tertiary alicyclic amines) is 1. The zero-order chi connectivity index (χ0) is 20.2. The molecule has 0 amide bonds. The van der Waals surface area contributed by atoms with Gasteiger partial charge in [-0.15, -0.1) is 35.7 Å². The Bertz CT molecular complexity index is 606. The van der Waals surface area contributed by atoms with Crippen LogP contribution in [0.5, 0.6) is 5.75 Å². The summed E-state index contributed by atoms with van der Waals surface area (Å²) in [6, 6.07) is 8.18. The van der Waals surface area contributed by atoms with E-state index in [1.54, 1.807) is 14.2 Å². The standard InChI is InChI=1S/C21H35N3O3S.HI/c1-17(16-28-20-8-6-5-7-19(20)26-4)13-23-21(22-2)24-10-9-18(14-24)15-27-12-11-25-3;/h5-8,17-18H,9-16H2,1-4H3,(H,22,23);1H. The number of hydrogen-bond donors (Lipinski definition) is 1. The minimum Gasteiger partial charge on any atom is -0.496 e. The molecule has 2 atom stereocenters. The number of guanidine groups is 1. The normalized spacial score (nSPS) is 17.7. The van der Waals surface area contributed by atoms with Gasteiger partial charge in [0.15, 0.2) is 5.96 Å². The summed E-state index contributed by atoms with van der Waals surface area (Å²) in [5.41, 5.74) is 0. The van der Waals surface area contributed by atoms with Crippen molar-refractivity contribution in [2.24, 2.45) is 16.8 Å². The summed E-state index contributed by atoms with van der Waals surface area (Å²) in [5.74, 6) is 4.05. The Labute approximate surface area is 197 Å². The minimum atomic E-state index is 0. The highest BCUT2D eigenvalue weighted by molar-refractivity contribution is 14.0. The number of thioether (sulfide) groups is 1. The van der Waals surface area contributed by atoms with Crippen LogP contribution >= 0.6 is 35.7 Å². The lowest BCUT2D eigenvalue weighted by atomic mass is 10.1. The van der Waals surface area contributed by atoms with E-state index in [9.17, 15) is 0 Å². The van der Waals surface area contributed by atoms with E-state index < -0.39 is 0 Å². The molecule has 0 aromatic heterocycles. The highest BCUT2D eigenvalue weighted by Crippen LogP contribution is 2.29. The Hall–Kier alpha value is -0.710. The Morgan fingerprint density at radius 1 is 1.31 bits per heavy atom. The molecule has 0 aliphatic carbocycles. The number of nitrogens with one attached hydrogen (secondary N) is 1. The van der Waals surface area contributed by atoms with Crippen molar-refractivity contribution in [1.29, 1.82) is 0 Å². The summed E-state index contributed by atoms with van der Waals surface area (Å²) in [4.78, 5) is 8.01. The average Bonchev–Trinajstić information content (AvgIpc) is 3.19. The second kappa shape index (κ2) is 15.1. The maximum absolute atomic E-state index is 5.69. The molecule has 166 valence electrons. The molecule has 2 rings (SSSR count). The van der Waals surface area contributed by atoms with Gasteiger partial charge in [-0.25, -0.2) is 0 Å². The number of ether oxygens (including phenoxy) is 3. The third kappa shape index (κ3) is 9.31. The van der Waals surface area contributed by atoms with Crippen LogP contribution in [0.1, 0.15) is 13.3 Å². The fourth-order valence-corrected chi connectivity index (χ4v) is 4.23. The predicted molar refractivity (Wildman–Crippen MR) is 132 cm³/mol. The summed E-state index contributed by atoms with van der Waals surface area (Å²) >= 11 is 1.84. The van der Waals surface area contributed by atoms with Crippen molar-refractivity contribution in [2.45, 2.75) is 18.2 Å². The maximum atomic E-state index is 5.69. The van der Waals surface area contributed by atoms with Gasteiger partial charge in [0, 0.05) is 50.4 Å². The van der Waals surface area contributed by atoms with Gasteiger partial charge in [-0.05, 0) is 24.5 Å². The van der Waals surface area contributed by atoms with Crippen molar-refractivity contribution >= 4 is 41.7 Å². The van der Waals surface area contributed by atoms with Gasteiger partial charge in [-0.2, -0.15) is 0 Å². The minimum absolute atomic E-state index is 0. The number of hydrogen-bond acceptors (Lipinski definition) is 5. The molecule has 0 saturated carbocycles. The van der Waals surface area contributed by atoms with Gasteiger partial charge in [0.05, 0.1) is 26.9 Å². The highest BCUT2D eigenvalue weighted by atomic mass is 127. The van der Waals surface area contributed by atoms with E-state index >= 15 is 0 Å². The summed E-state index contributed by atoms with van der Waals surface area (Å²) in [5, 5.41) is 3.54. The fraction of sp³-hybridized carbons (Fsp3) is 0.667. The van der Waals surface area contributed by atoms with E-state index in [1.165, 1.54) is 4.90 Å². The lowest BCUT2D eigenvalue weighted by Gasteiger charge is -2.23. The van der Waals surface area contributed by atoms with Crippen molar-refractivity contribution in [1.82, 2.24) is 10.2 Å². The van der Waals surface area contributed by atoms with Crippen LogP contribution in [0.15, 0.2) is 34.2 Å². The number of halogens is 1. The lowest BCUT2D eigenvalue weighted by Crippen LogP contribution is -2.42. The van der Waals surface area contributed by atoms with Crippen molar-refractivity contribution in [3.8, 4) is 5.75 Å². The first-order valence-electron chi connectivity index (χ1n) is 9.96. The Balaban J connectivity index is 0.00000420. The highest BCUT2D eigenvalue weighted by Gasteiger charge is 2.25. The molecule has 29 heavy (non-hydrogen) atoms. The largest absolute Gasteiger partial charge is 0.496 e. The maximum Gasteiger partial charge on any atom is 0.193 e. The van der Waals surface area contributed by atoms with Crippen molar-refractivity contribution in [3.05, 3.63) is 24.3 Å². The topological polar surface area (TPSA) is 55.3 Å². The molecule has 2 unspecified atom stereocenters. The molecule has 1 saturated heterocycles. The fourth-order valence-electron chi connectivity index (χ4n) is 3.18. The number of rotatable bonds is 11. The second-order valence-corrected chi connectivity index (χ2v) is 8.23. The van der Waals surface area contributed by atoms with Crippen LogP contribution in [0.4, 0.5) is 0 Å². The molecule has 6 nitrogen and oxygen atoms in total. The van der Waals surface area contributed by atoms with E-state index in [4.69, 9.17) is 14.2 Å². The zero-order valence-corrected chi connectivity index (χ0v) is 21.2. The van der Waals surface area contributed by atoms with Crippen LogP contribution in [-0.4, -0.2) is 77.3 Å². The Morgan fingerprint density at radius 2 is 2.10 bits per heavy atom. The number of aliphatic imine (C=N–C) groups is 1. The van der Waals surface area contributed by atoms with Crippen molar-refractivity contribution in [2.75, 3.05) is 66.5 Å². The van der Waals surface area contributed by atoms with Crippen LogP contribution in [-0.2, 0) is 9.47 Å². The third-order valence-electron chi connectivity index (χ3n) is 4.78. The molecule has 8 heteroatoms. The van der Waals surface area contributed by atoms with E-state index in [2.05, 4.69) is 34.3 Å². The molecule has 1 aliphatic rings. The Kier molecular flexibility index (Phi) is 13.7. The SMILES string of the molecule is CN=C(NCC(C)CSc1ccccc1OC)N1CCC(COCCOC)C1.I. The molecule has 1 fully saturated rings. The van der Waals surface area contributed by atoms with E-state index in [0.717, 1.165) is 50.1 Å². The van der Waals surface area contributed by atoms with E-state index in [0.29, 0.717) is 25.0 Å². The molecule has 1 N–H and O–H groups in total. The lowest BCUT2D eigenvalue weighted by molar-refractivity contribution is 0.0536. The van der Waals surface area contributed by atoms with Gasteiger partial charge in [-0.3, -0.25) is 4.99 Å². The van der Waals surface area contributed by atoms with Crippen LogP contribution in [0.3, 0.4) is 0 Å². The van der Waals surface area contributed by atoms with Gasteiger partial charge in [0.2, 0.25) is 0 Å². The molecule has 1 heterocycles. The molecule has 0 spiro atoms. The number of nitrogens with zero attached hydrogens (tertiary/aromatic N) is 2. The number of benzene rings is 1. The van der Waals surface area contributed by atoms with Gasteiger partial charge in [0.1, 0.15) is 5.75 Å². The van der Waals surface area contributed by atoms with Gasteiger partial charge < -0.3 is 24.4 Å². The van der Waals surface area contributed by atoms with Crippen LogP contribution < -0.4 is 10.1 Å². The number of para-hydroxylation sites is 1. The van der Waals surface area contributed by atoms with E-state index in [1.807, 2.05) is 30.9 Å². The Morgan fingerprint density at radius 3 is 2.83 bits per heavy atom. The summed E-state index contributed by atoms with van der Waals surface area (Å²) in [7, 11) is 5.28. The van der Waals surface area contributed by atoms with E-state index in [-0.39, 0.29) is 24.0 Å². The molecule has 1 aromatic carbocycles. The molecule has 0 radical (unpaired) electrons. The van der Waals surface area contributed by atoms with Gasteiger partial charge >= 0.3 is 0 Å². The summed E-state index contributed by atoms with van der Waals surface area (Å²) < 4.78 is 16.1. The first-order chi connectivity index (χ1) is 13.7. The second-order valence-electron chi connectivity index (χ2n) is 7.16. The third-order valence-corrected chi connectivity index (χ3v) is 6.17. The first kappa shape index (κ1) is 26.3. The van der Waals surface area contributed by atoms with Crippen molar-refractivity contribution in [3.63, 3.8) is 0 Å². The average molecular weight is 538 g/mol. The molecule has 1 aromatic rings. The predicted octanol–water partition coefficient (Wildman–Crippen LogP) is 3.60.